The van der Waals surface area contributed by atoms with Crippen LogP contribution in [0.2, 0.25) is 0 Å². The molecule has 4 rings (SSSR count). The number of nitrogens with two attached hydrogens (primary N) is 1. The number of rotatable bonds is 10. The van der Waals surface area contributed by atoms with E-state index >= 15 is 0 Å². The highest BCUT2D eigenvalue weighted by Gasteiger charge is 2.53. The number of cyclic esters (lactones) is 1. The van der Waals surface area contributed by atoms with Gasteiger partial charge in [0.25, 0.3) is 17.5 Å². The Bertz CT molecular complexity index is 2130. The molecule has 17 heteroatoms. The quantitative estimate of drug-likeness (QED) is 0.105. The van der Waals surface area contributed by atoms with Crippen LogP contribution in [-0.2, 0) is 57.2 Å². The molecule has 3 fully saturated rings. The predicted molar refractivity (Wildman–Crippen MR) is 277 cm³/mol. The van der Waals surface area contributed by atoms with E-state index in [2.05, 4.69) is 0 Å². The van der Waals surface area contributed by atoms with Gasteiger partial charge in [0.2, 0.25) is 0 Å². The zero-order valence-electron chi connectivity index (χ0n) is 46.1. The van der Waals surface area contributed by atoms with Crippen molar-refractivity contribution in [3.05, 3.63) is 59.4 Å². The van der Waals surface area contributed by atoms with Crippen LogP contribution in [0.1, 0.15) is 133 Å². The largest absolute Gasteiger partial charge is 0.459 e. The number of hydrogen-bond acceptors (Lipinski definition) is 16. The van der Waals surface area contributed by atoms with E-state index in [0.717, 1.165) is 16.0 Å². The first-order chi connectivity index (χ1) is 34.8. The van der Waals surface area contributed by atoms with Crippen molar-refractivity contribution in [1.82, 2.24) is 4.90 Å². The molecule has 0 aromatic heterocycles. The van der Waals surface area contributed by atoms with E-state index in [-0.39, 0.29) is 48.0 Å². The predicted octanol–water partition coefficient (Wildman–Crippen LogP) is 6.41. The van der Waals surface area contributed by atoms with Gasteiger partial charge in [0.1, 0.15) is 29.4 Å². The van der Waals surface area contributed by atoms with E-state index in [1.54, 1.807) is 32.9 Å². The number of Topliss-reactive ketones (excluding diaryl/α,β-unsaturated/α-hetero) is 3. The number of ketones is 3. The molecule has 0 aromatic rings. The number of carbonyl (C=O) groups excluding carboxylic acids is 6. The van der Waals surface area contributed by atoms with Gasteiger partial charge < -0.3 is 48.6 Å². The fraction of sp³-hybridized carbons (Fsp3) is 0.719. The standard InChI is InChI=1S/C57H88N2O15/c1-34-18-14-13-15-19-35(2)47(69-10)30-43-23-21-39(6)57(68,73-43)51(64)52(65)59-25-17-16-20-44(59)53(66)74-56(58,31-45(62)37(4)27-36(3)41(8)50(71-12)49(63)38(5)26-34)40(7)28-42-22-24-46(48(29-42)70-11)72-54(67)55(9,32-60)33-61/h13-15,18-19,27,30,34,37-42,44,46-48,50,60-61,68H,16-17,20-26,28-29,31-33,58H2,1-12H3/b15-13?,18-14+,35-19?,36-27+,43-30?/t34-,37-,38-,39-,40-,41-,42+,44+,46-,47+,48-,50-,56+,57-/m1/s1. The van der Waals surface area contributed by atoms with Crippen LogP contribution in [-0.4, -0.2) is 138 Å². The summed E-state index contributed by atoms with van der Waals surface area (Å²) in [5.41, 5.74) is 5.33. The average molecular weight is 1040 g/mol. The molecule has 2 saturated heterocycles. The van der Waals surface area contributed by atoms with E-state index in [1.165, 1.54) is 28.3 Å². The number of methoxy groups -OCH3 is 3. The van der Waals surface area contributed by atoms with Crippen LogP contribution in [0.4, 0.5) is 0 Å². The molecule has 1 aliphatic carbocycles. The molecule has 0 unspecified atom stereocenters. The fourth-order valence-corrected chi connectivity index (χ4v) is 10.6. The number of amides is 1. The normalized spacial score (nSPS) is 35.8. The second-order valence-corrected chi connectivity index (χ2v) is 22.1. The Labute approximate surface area is 439 Å². The van der Waals surface area contributed by atoms with Crippen LogP contribution < -0.4 is 5.73 Å². The fourth-order valence-electron chi connectivity index (χ4n) is 10.6. The first-order valence-electron chi connectivity index (χ1n) is 26.6. The number of carbonyl (C=O) groups is 6. The van der Waals surface area contributed by atoms with Gasteiger partial charge >= 0.3 is 11.9 Å². The van der Waals surface area contributed by atoms with Crippen molar-refractivity contribution in [1.29, 1.82) is 0 Å². The zero-order chi connectivity index (χ0) is 55.3. The number of hydrogen-bond donors (Lipinski definition) is 4. The molecule has 4 aliphatic rings. The number of ether oxygens (including phenoxy) is 6. The highest BCUT2D eigenvalue weighted by atomic mass is 16.6. The third-order valence-electron chi connectivity index (χ3n) is 16.2. The van der Waals surface area contributed by atoms with Gasteiger partial charge in [0, 0.05) is 63.9 Å². The Hall–Kier alpha value is -4.36. The molecule has 0 aromatic carbocycles. The smallest absolute Gasteiger partial charge is 0.330 e. The molecule has 416 valence electrons. The maximum atomic E-state index is 14.7. The lowest BCUT2D eigenvalue weighted by Gasteiger charge is -2.42. The summed E-state index contributed by atoms with van der Waals surface area (Å²) in [4.78, 5) is 86.0. The van der Waals surface area contributed by atoms with E-state index in [9.17, 15) is 44.1 Å². The minimum absolute atomic E-state index is 0.00588. The van der Waals surface area contributed by atoms with E-state index < -0.39 is 114 Å². The second-order valence-electron chi connectivity index (χ2n) is 22.1. The summed E-state index contributed by atoms with van der Waals surface area (Å²) in [6.07, 6.45) is 13.9. The lowest BCUT2D eigenvalue weighted by molar-refractivity contribution is -0.223. The SMILES string of the molecule is CO[C@H]1C=C2CC[C@@H](C)[C@@](O)(O2)C(=O)C(=O)N2CCCC[C@H]2C(=O)O[C@](N)([C@H](C)C[C@@H]2CC[C@@H](OC(=O)C(C)(CO)CO)[C@H](OC)C2)CC(=O)[C@H](C)/C=C(\C)[C@@H](C)[C@@H](OC)C(=O)[C@H](C)C[C@H](C)/C=C/C=CC=C1C. The molecule has 3 aliphatic heterocycles. The molecule has 17 nitrogen and oxygen atoms in total. The van der Waals surface area contributed by atoms with Crippen molar-refractivity contribution in [3.8, 4) is 0 Å². The molecule has 1 saturated carbocycles. The monoisotopic (exact) mass is 1040 g/mol. The molecule has 14 atom stereocenters. The maximum absolute atomic E-state index is 14.7. The Kier molecular flexibility index (Phi) is 23.2. The molecular weight excluding hydrogens is 953 g/mol. The van der Waals surface area contributed by atoms with Gasteiger partial charge in [-0.15, -0.1) is 0 Å². The van der Waals surface area contributed by atoms with Gasteiger partial charge in [-0.2, -0.15) is 0 Å². The van der Waals surface area contributed by atoms with Gasteiger partial charge in [-0.1, -0.05) is 83.6 Å². The Morgan fingerprint density at radius 1 is 0.865 bits per heavy atom. The van der Waals surface area contributed by atoms with Crippen LogP contribution in [0.25, 0.3) is 0 Å². The Morgan fingerprint density at radius 2 is 1.55 bits per heavy atom. The minimum atomic E-state index is -2.55. The molecular formula is C57H88N2O15. The maximum Gasteiger partial charge on any atom is 0.330 e. The summed E-state index contributed by atoms with van der Waals surface area (Å²) >= 11 is 0. The Balaban J connectivity index is 1.75. The van der Waals surface area contributed by atoms with Crippen molar-refractivity contribution < 1.29 is 72.5 Å². The summed E-state index contributed by atoms with van der Waals surface area (Å²) < 4.78 is 35.5. The highest BCUT2D eigenvalue weighted by molar-refractivity contribution is 6.39. The van der Waals surface area contributed by atoms with Crippen molar-refractivity contribution in [3.63, 3.8) is 0 Å². The van der Waals surface area contributed by atoms with Gasteiger partial charge in [-0.3, -0.25) is 29.7 Å². The number of piperidine rings is 1. The first kappa shape index (κ1) is 62.2. The molecule has 74 heavy (non-hydrogen) atoms. The molecule has 5 N–H and O–H groups in total. The van der Waals surface area contributed by atoms with E-state index in [0.29, 0.717) is 57.8 Å². The lowest BCUT2D eigenvalue weighted by Crippen LogP contribution is -2.61. The first-order valence-corrected chi connectivity index (χ1v) is 26.6. The lowest BCUT2D eigenvalue weighted by atomic mass is 9.76. The second kappa shape index (κ2) is 27.6. The van der Waals surface area contributed by atoms with Gasteiger partial charge in [-0.25, -0.2) is 4.79 Å². The highest BCUT2D eigenvalue weighted by Crippen LogP contribution is 2.40. The number of nitrogens with zero attached hydrogens (tertiary/aromatic N) is 1. The number of aliphatic hydroxyl groups excluding tert-OH is 2. The summed E-state index contributed by atoms with van der Waals surface area (Å²) in [6, 6.07) is -1.28. The number of esters is 2. The average Bonchev–Trinajstić information content (AvgIpc) is 3.37. The summed E-state index contributed by atoms with van der Waals surface area (Å²) in [6.45, 7) is 14.8. The number of fused-ring (bicyclic) bond motifs is 3. The molecule has 0 spiro atoms. The Morgan fingerprint density at radius 3 is 2.19 bits per heavy atom. The van der Waals surface area contributed by atoms with Crippen LogP contribution >= 0.6 is 0 Å². The minimum Gasteiger partial charge on any atom is -0.459 e. The van der Waals surface area contributed by atoms with Crippen molar-refractivity contribution in [2.24, 2.45) is 52.6 Å². The van der Waals surface area contributed by atoms with Crippen molar-refractivity contribution >= 4 is 35.2 Å². The van der Waals surface area contributed by atoms with Crippen LogP contribution in [0.15, 0.2) is 59.4 Å². The van der Waals surface area contributed by atoms with Gasteiger partial charge in [-0.05, 0) is 102 Å². The van der Waals surface area contributed by atoms with Crippen LogP contribution in [0.5, 0.6) is 0 Å². The number of allylic oxidation sites excluding steroid dienone is 7. The van der Waals surface area contributed by atoms with Crippen molar-refractivity contribution in [2.45, 2.75) is 175 Å². The zero-order valence-corrected chi connectivity index (χ0v) is 46.1. The number of aliphatic hydroxyl groups is 3. The summed E-state index contributed by atoms with van der Waals surface area (Å²) in [5.74, 6) is -9.73. The van der Waals surface area contributed by atoms with Gasteiger partial charge in [0.05, 0.1) is 37.6 Å². The summed E-state index contributed by atoms with van der Waals surface area (Å²) in [7, 11) is 4.52. The molecule has 3 heterocycles. The van der Waals surface area contributed by atoms with E-state index in [4.69, 9.17) is 34.2 Å². The summed E-state index contributed by atoms with van der Waals surface area (Å²) in [5, 5.41) is 31.6. The third kappa shape index (κ3) is 15.4. The van der Waals surface area contributed by atoms with Crippen molar-refractivity contribution in [2.75, 3.05) is 41.1 Å². The van der Waals surface area contributed by atoms with Crippen LogP contribution in [0.3, 0.4) is 0 Å². The molecule has 1 amide bonds. The van der Waals surface area contributed by atoms with E-state index in [1.807, 2.05) is 65.0 Å². The third-order valence-corrected chi connectivity index (χ3v) is 16.2. The van der Waals surface area contributed by atoms with Gasteiger partial charge in [0.15, 0.2) is 11.5 Å². The van der Waals surface area contributed by atoms with Crippen LogP contribution in [0, 0.1) is 46.8 Å². The topological polar surface area (TPSA) is 248 Å². The molecule has 0 radical (unpaired) electrons. The molecule has 2 bridgehead atoms.